The molecule has 1 fully saturated rings. The largest absolute Gasteiger partial charge is 0.297 e. The van der Waals surface area contributed by atoms with E-state index in [0.29, 0.717) is 0 Å². The molecule has 0 saturated carbocycles. The Labute approximate surface area is 76.8 Å². The van der Waals surface area contributed by atoms with Gasteiger partial charge < -0.3 is 0 Å². The highest BCUT2D eigenvalue weighted by Gasteiger charge is 2.27. The Morgan fingerprint density at radius 1 is 1.17 bits per heavy atom. The minimum atomic E-state index is -1.74. The predicted octanol–water partition coefficient (Wildman–Crippen LogP) is 0.747. The molecule has 0 bridgehead atoms. The molecule has 0 aromatic heterocycles. The fourth-order valence-corrected chi connectivity index (χ4v) is 3.11. The van der Waals surface area contributed by atoms with Crippen LogP contribution in [0.2, 0.25) is 0 Å². The van der Waals surface area contributed by atoms with Crippen molar-refractivity contribution in [3.8, 4) is 0 Å². The van der Waals surface area contributed by atoms with Crippen LogP contribution >= 0.6 is 0 Å². The predicted molar refractivity (Wildman–Crippen MR) is 56.5 cm³/mol. The van der Waals surface area contributed by atoms with Crippen LogP contribution in [0.5, 0.6) is 0 Å². The molecular formula is C9H21NOS. The van der Waals surface area contributed by atoms with Gasteiger partial charge in [0.05, 0.1) is 0 Å². The van der Waals surface area contributed by atoms with E-state index in [2.05, 4.69) is 25.7 Å². The zero-order valence-corrected chi connectivity index (χ0v) is 9.53. The average molecular weight is 191 g/mol. The van der Waals surface area contributed by atoms with Crippen molar-refractivity contribution < 1.29 is 4.21 Å². The number of hydrogen-bond acceptors (Lipinski definition) is 2. The molecule has 1 aliphatic heterocycles. The van der Waals surface area contributed by atoms with E-state index in [1.165, 1.54) is 0 Å². The summed E-state index contributed by atoms with van der Waals surface area (Å²) in [6.07, 6.45) is 1.94. The molecule has 3 heteroatoms. The van der Waals surface area contributed by atoms with Gasteiger partial charge >= 0.3 is 0 Å². The third kappa shape index (κ3) is 2.56. The number of hydrogen-bond donors (Lipinski definition) is 1. The van der Waals surface area contributed by atoms with Gasteiger partial charge in [0, 0.05) is 30.1 Å². The first kappa shape index (κ1) is 10.2. The Balaban J connectivity index is 2.53. The number of nitrogens with zero attached hydrogens (tertiary/aromatic N) is 1. The van der Waals surface area contributed by atoms with Crippen molar-refractivity contribution in [2.75, 3.05) is 30.9 Å². The molecule has 12 heavy (non-hydrogen) atoms. The second-order valence-corrected chi connectivity index (χ2v) is 8.39. The summed E-state index contributed by atoms with van der Waals surface area (Å²) >= 11 is 0. The zero-order valence-electron chi connectivity index (χ0n) is 8.63. The Morgan fingerprint density at radius 3 is 1.92 bits per heavy atom. The van der Waals surface area contributed by atoms with E-state index in [0.717, 1.165) is 24.6 Å². The zero-order chi connectivity index (χ0) is 9.41. The fraction of sp³-hybridized carbons (Fsp3) is 1.00. The van der Waals surface area contributed by atoms with E-state index >= 15 is 0 Å². The Hall–Kier alpha value is 0.110. The van der Waals surface area contributed by atoms with Gasteiger partial charge in [-0.05, 0) is 27.0 Å². The van der Waals surface area contributed by atoms with Crippen molar-refractivity contribution in [3.63, 3.8) is 0 Å². The maximum atomic E-state index is 11.7. The molecule has 0 N–H and O–H groups in total. The molecule has 0 spiro atoms. The second kappa shape index (κ2) is 3.11. The molecule has 0 unspecified atom stereocenters. The van der Waals surface area contributed by atoms with Crippen LogP contribution in [-0.4, -0.2) is 45.5 Å². The van der Waals surface area contributed by atoms with E-state index < -0.39 is 9.93 Å². The minimum Gasteiger partial charge on any atom is -0.297 e. The summed E-state index contributed by atoms with van der Waals surface area (Å²) in [5.74, 6) is 1.81. The Morgan fingerprint density at radius 2 is 1.58 bits per heavy atom. The first-order valence-corrected chi connectivity index (χ1v) is 7.14. The first-order valence-electron chi connectivity index (χ1n) is 4.62. The van der Waals surface area contributed by atoms with Crippen molar-refractivity contribution in [2.45, 2.75) is 26.3 Å². The van der Waals surface area contributed by atoms with Crippen molar-refractivity contribution in [3.05, 3.63) is 0 Å². The smallest absolute Gasteiger partial charge is 0.0139 e. The second-order valence-electron chi connectivity index (χ2n) is 4.90. The monoisotopic (exact) mass is 191 g/mol. The highest BCUT2D eigenvalue weighted by Crippen LogP contribution is 2.18. The van der Waals surface area contributed by atoms with Crippen LogP contribution in [0, 0.1) is 0 Å². The third-order valence-electron chi connectivity index (χ3n) is 2.63. The van der Waals surface area contributed by atoms with Gasteiger partial charge in [-0.2, -0.15) is 0 Å². The molecule has 0 atom stereocenters. The summed E-state index contributed by atoms with van der Waals surface area (Å²) in [6.45, 7) is 8.69. The highest BCUT2D eigenvalue weighted by atomic mass is 32.2. The fourth-order valence-electron chi connectivity index (χ4n) is 1.56. The van der Waals surface area contributed by atoms with Crippen LogP contribution in [0.3, 0.4) is 0 Å². The van der Waals surface area contributed by atoms with Gasteiger partial charge in [-0.1, -0.05) is 0 Å². The van der Waals surface area contributed by atoms with Crippen LogP contribution < -0.4 is 0 Å². The van der Waals surface area contributed by atoms with Crippen molar-refractivity contribution in [1.82, 2.24) is 4.90 Å². The maximum Gasteiger partial charge on any atom is 0.0139 e. The highest BCUT2D eigenvalue weighted by molar-refractivity contribution is 8.02. The summed E-state index contributed by atoms with van der Waals surface area (Å²) in [5.41, 5.74) is 0.250. The van der Waals surface area contributed by atoms with Gasteiger partial charge in [-0.15, -0.1) is 9.93 Å². The molecule has 0 amide bonds. The molecule has 0 radical (unpaired) electrons. The van der Waals surface area contributed by atoms with E-state index in [1.807, 2.05) is 6.26 Å². The van der Waals surface area contributed by atoms with Crippen LogP contribution in [-0.2, 0) is 9.93 Å². The topological polar surface area (TPSA) is 20.3 Å². The van der Waals surface area contributed by atoms with Crippen LogP contribution in [0.4, 0.5) is 0 Å². The lowest BCUT2D eigenvalue weighted by atomic mass is 10.1. The molecule has 0 aliphatic carbocycles. The lowest BCUT2D eigenvalue weighted by molar-refractivity contribution is 0.151. The van der Waals surface area contributed by atoms with Crippen molar-refractivity contribution in [1.29, 1.82) is 0 Å². The van der Waals surface area contributed by atoms with Gasteiger partial charge in [0.1, 0.15) is 0 Å². The summed E-state index contributed by atoms with van der Waals surface area (Å²) in [5, 5.41) is 0. The van der Waals surface area contributed by atoms with Crippen LogP contribution in [0.15, 0.2) is 0 Å². The molecule has 1 heterocycles. The molecular weight excluding hydrogens is 170 g/mol. The third-order valence-corrected chi connectivity index (χ3v) is 4.93. The van der Waals surface area contributed by atoms with Gasteiger partial charge in [0.2, 0.25) is 0 Å². The van der Waals surface area contributed by atoms with E-state index in [1.54, 1.807) is 0 Å². The molecule has 2 nitrogen and oxygen atoms in total. The lowest BCUT2D eigenvalue weighted by Gasteiger charge is -2.41. The normalized spacial score (nSPS) is 28.3. The summed E-state index contributed by atoms with van der Waals surface area (Å²) in [7, 11) is -1.74. The quantitative estimate of drug-likeness (QED) is 0.570. The summed E-state index contributed by atoms with van der Waals surface area (Å²) < 4.78 is 11.7. The molecule has 74 valence electrons. The average Bonchev–Trinajstić information content (AvgIpc) is 1.83. The van der Waals surface area contributed by atoms with Crippen molar-refractivity contribution >= 4 is 9.93 Å². The van der Waals surface area contributed by atoms with Crippen LogP contribution in [0.25, 0.3) is 0 Å². The van der Waals surface area contributed by atoms with Crippen LogP contribution in [0.1, 0.15) is 20.8 Å². The van der Waals surface area contributed by atoms with Gasteiger partial charge in [-0.25, -0.2) is 0 Å². The molecule has 1 rings (SSSR count). The Bertz CT molecular complexity index is 195. The summed E-state index contributed by atoms with van der Waals surface area (Å²) in [6, 6.07) is 0. The first-order chi connectivity index (χ1) is 5.31. The van der Waals surface area contributed by atoms with E-state index in [9.17, 15) is 4.21 Å². The number of rotatable bonds is 0. The van der Waals surface area contributed by atoms with Gasteiger partial charge in [-0.3, -0.25) is 9.11 Å². The molecule has 0 aromatic rings. The molecule has 1 aliphatic rings. The maximum absolute atomic E-state index is 11.7. The summed E-state index contributed by atoms with van der Waals surface area (Å²) in [4.78, 5) is 2.42. The Kier molecular flexibility index (Phi) is 2.64. The van der Waals surface area contributed by atoms with E-state index in [-0.39, 0.29) is 5.54 Å². The van der Waals surface area contributed by atoms with Gasteiger partial charge in [0.15, 0.2) is 0 Å². The lowest BCUT2D eigenvalue weighted by Crippen LogP contribution is -2.51. The number of thiol groups is 1. The minimum absolute atomic E-state index is 0.250. The van der Waals surface area contributed by atoms with E-state index in [4.69, 9.17) is 0 Å². The van der Waals surface area contributed by atoms with Gasteiger partial charge in [0.25, 0.3) is 0 Å². The van der Waals surface area contributed by atoms with Crippen molar-refractivity contribution in [2.24, 2.45) is 0 Å². The standard InChI is InChI=1S/C9H21NOS/c1-9(2,3)10-5-7-12(4,11)8-6-10/h12H,5-8H2,1-4H3. The SMILES string of the molecule is CC(C)(C)N1CC[SH](C)(=O)CC1. The molecule has 1 saturated heterocycles. The molecule has 0 aromatic carbocycles.